The van der Waals surface area contributed by atoms with Crippen LogP contribution in [0.5, 0.6) is 0 Å². The Bertz CT molecular complexity index is 670. The lowest BCUT2D eigenvalue weighted by atomic mass is 10.0. The van der Waals surface area contributed by atoms with Crippen LogP contribution in [0.1, 0.15) is 10.4 Å². The van der Waals surface area contributed by atoms with Crippen molar-refractivity contribution in [3.8, 4) is 0 Å². The summed E-state index contributed by atoms with van der Waals surface area (Å²) in [5.74, 6) is -2.50. The van der Waals surface area contributed by atoms with Gasteiger partial charge in [0.15, 0.2) is 11.8 Å². The standard InChI is InChI=1S/C11H10FNO5S/c1-13-9(11(15)18-2)10(14)7-4-3-6(12)5-8(7)19(13,16)17/h3-5,9H,1-2H3. The van der Waals surface area contributed by atoms with Crippen LogP contribution in [0, 0.1) is 5.82 Å². The third kappa shape index (κ3) is 1.92. The van der Waals surface area contributed by atoms with Crippen LogP contribution in [-0.4, -0.2) is 44.7 Å². The van der Waals surface area contributed by atoms with Crippen molar-refractivity contribution < 1.29 is 27.1 Å². The molecule has 1 heterocycles. The zero-order chi connectivity index (χ0) is 14.4. The Labute approximate surface area is 108 Å². The molecule has 1 atom stereocenters. The maximum atomic E-state index is 13.1. The smallest absolute Gasteiger partial charge is 0.332 e. The van der Waals surface area contributed by atoms with Crippen molar-refractivity contribution in [2.75, 3.05) is 14.2 Å². The maximum absolute atomic E-state index is 13.1. The number of rotatable bonds is 1. The summed E-state index contributed by atoms with van der Waals surface area (Å²) in [5, 5.41) is 0. The number of benzene rings is 1. The number of ether oxygens (including phenoxy) is 1. The van der Waals surface area contributed by atoms with Gasteiger partial charge in [-0.3, -0.25) is 4.79 Å². The van der Waals surface area contributed by atoms with Crippen molar-refractivity contribution >= 4 is 21.8 Å². The van der Waals surface area contributed by atoms with Crippen LogP contribution in [0.2, 0.25) is 0 Å². The molecule has 0 bridgehead atoms. The Morgan fingerprint density at radius 2 is 2.05 bits per heavy atom. The summed E-state index contributed by atoms with van der Waals surface area (Å²) in [4.78, 5) is 23.2. The van der Waals surface area contributed by atoms with E-state index in [0.717, 1.165) is 32.4 Å². The van der Waals surface area contributed by atoms with E-state index >= 15 is 0 Å². The molecule has 1 aliphatic rings. The monoisotopic (exact) mass is 287 g/mol. The minimum Gasteiger partial charge on any atom is -0.467 e. The predicted octanol–water partition coefficient (Wildman–Crippen LogP) is 0.184. The highest BCUT2D eigenvalue weighted by Crippen LogP contribution is 2.29. The van der Waals surface area contributed by atoms with Gasteiger partial charge in [0.05, 0.1) is 12.0 Å². The van der Waals surface area contributed by atoms with E-state index in [1.165, 1.54) is 0 Å². The molecule has 1 aromatic rings. The molecule has 2 rings (SSSR count). The van der Waals surface area contributed by atoms with Crippen molar-refractivity contribution in [2.45, 2.75) is 10.9 Å². The number of hydrogen-bond acceptors (Lipinski definition) is 5. The highest BCUT2D eigenvalue weighted by molar-refractivity contribution is 7.89. The van der Waals surface area contributed by atoms with Gasteiger partial charge in [0.2, 0.25) is 10.0 Å². The molecule has 0 spiro atoms. The van der Waals surface area contributed by atoms with Gasteiger partial charge in [-0.1, -0.05) is 0 Å². The first-order chi connectivity index (χ1) is 8.80. The first-order valence-electron chi connectivity index (χ1n) is 5.20. The molecule has 0 fully saturated rings. The zero-order valence-electron chi connectivity index (χ0n) is 10.1. The largest absolute Gasteiger partial charge is 0.467 e. The molecule has 0 saturated carbocycles. The molecule has 0 aromatic heterocycles. The van der Waals surface area contributed by atoms with Gasteiger partial charge >= 0.3 is 5.97 Å². The van der Waals surface area contributed by atoms with Gasteiger partial charge in [0, 0.05) is 12.6 Å². The van der Waals surface area contributed by atoms with Crippen LogP contribution >= 0.6 is 0 Å². The van der Waals surface area contributed by atoms with Crippen molar-refractivity contribution in [1.82, 2.24) is 4.31 Å². The second-order valence-corrected chi connectivity index (χ2v) is 5.92. The summed E-state index contributed by atoms with van der Waals surface area (Å²) in [6.45, 7) is 0. The maximum Gasteiger partial charge on any atom is 0.332 e. The van der Waals surface area contributed by atoms with E-state index in [-0.39, 0.29) is 5.56 Å². The van der Waals surface area contributed by atoms with Crippen LogP contribution in [0.4, 0.5) is 4.39 Å². The summed E-state index contributed by atoms with van der Waals surface area (Å²) in [5.41, 5.74) is -0.213. The Morgan fingerprint density at radius 1 is 1.42 bits per heavy atom. The topological polar surface area (TPSA) is 80.8 Å². The minimum absolute atomic E-state index is 0.213. The lowest BCUT2D eigenvalue weighted by molar-refractivity contribution is -0.143. The summed E-state index contributed by atoms with van der Waals surface area (Å²) >= 11 is 0. The van der Waals surface area contributed by atoms with E-state index in [9.17, 15) is 22.4 Å². The number of carbonyl (C=O) groups excluding carboxylic acids is 2. The fourth-order valence-corrected chi connectivity index (χ4v) is 3.36. The van der Waals surface area contributed by atoms with Gasteiger partial charge in [-0.15, -0.1) is 0 Å². The number of halogens is 1. The van der Waals surface area contributed by atoms with Crippen molar-refractivity contribution in [1.29, 1.82) is 0 Å². The quantitative estimate of drug-likeness (QED) is 0.544. The number of hydrogen-bond donors (Lipinski definition) is 0. The molecule has 0 aliphatic carbocycles. The number of sulfonamides is 1. The van der Waals surface area contributed by atoms with Crippen LogP contribution in [0.15, 0.2) is 23.1 Å². The highest BCUT2D eigenvalue weighted by atomic mass is 32.2. The lowest BCUT2D eigenvalue weighted by Crippen LogP contribution is -2.51. The second-order valence-electron chi connectivity index (χ2n) is 3.95. The average Bonchev–Trinajstić information content (AvgIpc) is 2.36. The van der Waals surface area contributed by atoms with Crippen LogP contribution in [-0.2, 0) is 19.6 Å². The molecule has 0 amide bonds. The second kappa shape index (κ2) is 4.39. The zero-order valence-corrected chi connectivity index (χ0v) is 10.9. The molecule has 1 unspecified atom stereocenters. The Balaban J connectivity index is 2.71. The van der Waals surface area contributed by atoms with E-state index < -0.39 is 38.5 Å². The molecule has 0 saturated heterocycles. The highest BCUT2D eigenvalue weighted by Gasteiger charge is 2.46. The molecule has 8 heteroatoms. The van der Waals surface area contributed by atoms with Crippen LogP contribution in [0.3, 0.4) is 0 Å². The number of esters is 1. The van der Waals surface area contributed by atoms with Gasteiger partial charge in [-0.05, 0) is 18.2 Å². The first-order valence-corrected chi connectivity index (χ1v) is 6.64. The number of ketones is 1. The molecule has 0 N–H and O–H groups in total. The Kier molecular flexibility index (Phi) is 3.15. The molecule has 102 valence electrons. The van der Waals surface area contributed by atoms with Gasteiger partial charge in [-0.2, -0.15) is 4.31 Å². The van der Waals surface area contributed by atoms with Crippen molar-refractivity contribution in [3.63, 3.8) is 0 Å². The summed E-state index contributed by atoms with van der Waals surface area (Å²) in [6, 6.07) is 1.19. The van der Waals surface area contributed by atoms with Crippen LogP contribution < -0.4 is 0 Å². The summed E-state index contributed by atoms with van der Waals surface area (Å²) < 4.78 is 42.4. The van der Waals surface area contributed by atoms with Crippen molar-refractivity contribution in [3.05, 3.63) is 29.6 Å². The van der Waals surface area contributed by atoms with Gasteiger partial charge in [0.1, 0.15) is 5.82 Å². The van der Waals surface area contributed by atoms with Gasteiger partial charge < -0.3 is 4.74 Å². The first kappa shape index (κ1) is 13.6. The molecule has 0 radical (unpaired) electrons. The van der Waals surface area contributed by atoms with E-state index in [0.29, 0.717) is 4.31 Å². The molecule has 19 heavy (non-hydrogen) atoms. The number of methoxy groups -OCH3 is 1. The van der Waals surface area contributed by atoms with E-state index in [4.69, 9.17) is 0 Å². The molecule has 1 aliphatic heterocycles. The molecule has 6 nitrogen and oxygen atoms in total. The normalized spacial score (nSPS) is 21.8. The minimum atomic E-state index is -4.11. The fraction of sp³-hybridized carbons (Fsp3) is 0.273. The SMILES string of the molecule is COC(=O)C1C(=O)c2ccc(F)cc2S(=O)(=O)N1C. The third-order valence-electron chi connectivity index (χ3n) is 2.90. The number of likely N-dealkylation sites (N-methyl/N-ethyl adjacent to an activating group) is 1. The van der Waals surface area contributed by atoms with E-state index in [1.807, 2.05) is 0 Å². The molecular formula is C11H10FNO5S. The predicted molar refractivity (Wildman–Crippen MR) is 61.5 cm³/mol. The number of carbonyl (C=O) groups is 2. The molecule has 1 aromatic carbocycles. The Hall–Kier alpha value is -1.80. The molecular weight excluding hydrogens is 277 g/mol. The van der Waals surface area contributed by atoms with Gasteiger partial charge in [0.25, 0.3) is 0 Å². The van der Waals surface area contributed by atoms with E-state index in [1.54, 1.807) is 0 Å². The average molecular weight is 287 g/mol. The van der Waals surface area contributed by atoms with Crippen LogP contribution in [0.25, 0.3) is 0 Å². The summed E-state index contributed by atoms with van der Waals surface area (Å²) in [6.07, 6.45) is 0. The van der Waals surface area contributed by atoms with Gasteiger partial charge in [-0.25, -0.2) is 17.6 Å². The number of fused-ring (bicyclic) bond motifs is 1. The van der Waals surface area contributed by atoms with E-state index in [2.05, 4.69) is 4.74 Å². The Morgan fingerprint density at radius 3 is 2.63 bits per heavy atom. The van der Waals surface area contributed by atoms with Crippen molar-refractivity contribution in [2.24, 2.45) is 0 Å². The third-order valence-corrected chi connectivity index (χ3v) is 4.77. The fourth-order valence-electron chi connectivity index (χ4n) is 1.89. The number of Topliss-reactive ketones (excluding diaryl/α,β-unsaturated/α-hetero) is 1. The lowest BCUT2D eigenvalue weighted by Gasteiger charge is -2.29. The number of nitrogens with zero attached hydrogens (tertiary/aromatic N) is 1. The summed E-state index contributed by atoms with van der Waals surface area (Å²) in [7, 11) is -1.98.